The molecule has 0 aliphatic carbocycles. The third-order valence-corrected chi connectivity index (χ3v) is 5.26. The predicted octanol–water partition coefficient (Wildman–Crippen LogP) is 3.65. The summed E-state index contributed by atoms with van der Waals surface area (Å²) in [7, 11) is 0. The van der Waals surface area contributed by atoms with Crippen LogP contribution < -0.4 is 0 Å². The maximum Gasteiger partial charge on any atom is 0.490 e. The summed E-state index contributed by atoms with van der Waals surface area (Å²) in [6.07, 6.45) is -1.44. The van der Waals surface area contributed by atoms with Crippen molar-refractivity contribution < 1.29 is 50.6 Å². The fourth-order valence-electron chi connectivity index (χ4n) is 3.82. The monoisotopic (exact) mass is 511 g/mol. The van der Waals surface area contributed by atoms with Crippen molar-refractivity contribution in [2.45, 2.75) is 31.9 Å². The molecule has 2 N–H and O–H groups in total. The maximum absolute atomic E-state index is 10.6. The van der Waals surface area contributed by atoms with Crippen LogP contribution in [0.2, 0.25) is 0 Å². The maximum atomic E-state index is 10.6. The second kappa shape index (κ2) is 11.5. The minimum absolute atomic E-state index is 0.538. The van der Waals surface area contributed by atoms with E-state index in [2.05, 4.69) is 33.0 Å². The first-order chi connectivity index (χ1) is 16.2. The topological polar surface area (TPSA) is 107 Å². The number of furan rings is 1. The summed E-state index contributed by atoms with van der Waals surface area (Å²) < 4.78 is 68.6. The zero-order chi connectivity index (χ0) is 26.3. The molecule has 0 bridgehead atoms. The lowest BCUT2D eigenvalue weighted by Gasteiger charge is -2.48. The molecule has 4 heterocycles. The number of hydrogen-bond acceptors (Lipinski definition) is 6. The molecule has 0 radical (unpaired) electrons. The van der Waals surface area contributed by atoms with Gasteiger partial charge in [-0.2, -0.15) is 26.3 Å². The number of alkyl halides is 6. The average molecular weight is 511 g/mol. The summed E-state index contributed by atoms with van der Waals surface area (Å²) in [6.45, 7) is 7.00. The smallest absolute Gasteiger partial charge is 0.475 e. The lowest BCUT2D eigenvalue weighted by Crippen LogP contribution is -2.56. The summed E-state index contributed by atoms with van der Waals surface area (Å²) in [4.78, 5) is 27.0. The Kier molecular flexibility index (Phi) is 9.26. The lowest BCUT2D eigenvalue weighted by molar-refractivity contribution is -0.193. The fourth-order valence-corrected chi connectivity index (χ4v) is 3.82. The largest absolute Gasteiger partial charge is 0.490 e. The molecule has 1 spiro atoms. The van der Waals surface area contributed by atoms with Gasteiger partial charge in [0.25, 0.3) is 0 Å². The Morgan fingerprint density at radius 3 is 1.83 bits per heavy atom. The van der Waals surface area contributed by atoms with Gasteiger partial charge in [-0.15, -0.1) is 0 Å². The summed E-state index contributed by atoms with van der Waals surface area (Å²) in [5, 5.41) is 14.2. The summed E-state index contributed by atoms with van der Waals surface area (Å²) >= 11 is 0. The van der Waals surface area contributed by atoms with Gasteiger partial charge in [-0.05, 0) is 36.7 Å². The van der Waals surface area contributed by atoms with Crippen LogP contribution in [0.25, 0.3) is 0 Å². The first-order valence-corrected chi connectivity index (χ1v) is 10.2. The number of rotatable bonds is 4. The van der Waals surface area contributed by atoms with E-state index in [1.807, 2.05) is 18.7 Å². The summed E-state index contributed by atoms with van der Waals surface area (Å²) in [5.41, 5.74) is 3.20. The zero-order valence-electron chi connectivity index (χ0n) is 18.2. The highest BCUT2D eigenvalue weighted by molar-refractivity contribution is 5.73. The zero-order valence-corrected chi connectivity index (χ0v) is 18.2. The molecule has 2 saturated heterocycles. The van der Waals surface area contributed by atoms with E-state index < -0.39 is 24.3 Å². The van der Waals surface area contributed by atoms with Crippen LogP contribution in [0.1, 0.15) is 17.5 Å². The number of aliphatic carboxylic acids is 2. The Labute approximate surface area is 195 Å². The molecule has 194 valence electrons. The van der Waals surface area contributed by atoms with Gasteiger partial charge in [0.05, 0.1) is 12.5 Å². The third kappa shape index (κ3) is 9.20. The van der Waals surface area contributed by atoms with Crippen molar-refractivity contribution in [3.8, 4) is 0 Å². The van der Waals surface area contributed by atoms with Crippen LogP contribution in [-0.2, 0) is 22.7 Å². The molecule has 2 fully saturated rings. The summed E-state index contributed by atoms with van der Waals surface area (Å²) in [6, 6.07) is 6.31. The predicted molar refractivity (Wildman–Crippen MR) is 108 cm³/mol. The van der Waals surface area contributed by atoms with Crippen LogP contribution in [0.15, 0.2) is 47.5 Å². The summed E-state index contributed by atoms with van der Waals surface area (Å²) in [5.74, 6) is -5.51. The van der Waals surface area contributed by atoms with Gasteiger partial charge in [-0.25, -0.2) is 9.59 Å². The molecule has 35 heavy (non-hydrogen) atoms. The molecule has 2 aromatic heterocycles. The molecule has 4 rings (SSSR count). The van der Waals surface area contributed by atoms with E-state index in [9.17, 15) is 26.3 Å². The van der Waals surface area contributed by atoms with E-state index in [1.54, 1.807) is 6.26 Å². The van der Waals surface area contributed by atoms with Crippen LogP contribution in [0.5, 0.6) is 0 Å². The first-order valence-electron chi connectivity index (χ1n) is 10.2. The van der Waals surface area contributed by atoms with Crippen LogP contribution in [0.3, 0.4) is 0 Å². The molecule has 0 saturated carbocycles. The van der Waals surface area contributed by atoms with Crippen LogP contribution in [-0.4, -0.2) is 75.5 Å². The molecule has 0 amide bonds. The van der Waals surface area contributed by atoms with Crippen molar-refractivity contribution >= 4 is 11.9 Å². The normalized spacial score (nSPS) is 17.5. The van der Waals surface area contributed by atoms with E-state index in [1.165, 1.54) is 43.7 Å². The Hall–Kier alpha value is -3.13. The number of hydrogen-bond donors (Lipinski definition) is 2. The van der Waals surface area contributed by atoms with Crippen LogP contribution in [0.4, 0.5) is 26.3 Å². The van der Waals surface area contributed by atoms with Crippen LogP contribution in [0, 0.1) is 5.41 Å². The van der Waals surface area contributed by atoms with Gasteiger partial charge in [-0.1, -0.05) is 0 Å². The van der Waals surface area contributed by atoms with Crippen molar-refractivity contribution in [2.24, 2.45) is 5.41 Å². The Morgan fingerprint density at radius 2 is 1.37 bits per heavy atom. The van der Waals surface area contributed by atoms with E-state index in [0.717, 1.165) is 13.1 Å². The Bertz CT molecular complexity index is 921. The number of carboxylic acids is 2. The molecule has 2 aliphatic heterocycles. The third-order valence-electron chi connectivity index (χ3n) is 5.26. The number of carboxylic acid groups (broad SMARTS) is 2. The van der Waals surface area contributed by atoms with Gasteiger partial charge in [0.1, 0.15) is 0 Å². The number of carbonyl (C=O) groups is 2. The highest BCUT2D eigenvalue weighted by Crippen LogP contribution is 2.40. The molecule has 2 aliphatic rings. The molecular formula is C21H23F6N3O5. The second-order valence-electron chi connectivity index (χ2n) is 8.20. The van der Waals surface area contributed by atoms with Gasteiger partial charge < -0.3 is 14.6 Å². The van der Waals surface area contributed by atoms with Crippen molar-refractivity contribution in [2.75, 3.05) is 26.2 Å². The van der Waals surface area contributed by atoms with E-state index in [-0.39, 0.29) is 0 Å². The SMILES string of the molecule is O=C(O)C(F)(F)F.O=C(O)C(F)(F)F.c1cc(CN2CCC3(C2)CN(Cc2ccoc2)C3)ccn1. The molecule has 0 unspecified atom stereocenters. The number of nitrogens with zero attached hydrogens (tertiary/aromatic N) is 3. The quantitative estimate of drug-likeness (QED) is 0.600. The lowest BCUT2D eigenvalue weighted by atomic mass is 9.79. The van der Waals surface area contributed by atoms with Gasteiger partial charge >= 0.3 is 24.3 Å². The molecule has 0 atom stereocenters. The van der Waals surface area contributed by atoms with Crippen LogP contribution >= 0.6 is 0 Å². The fraction of sp³-hybridized carbons (Fsp3) is 0.476. The molecule has 0 aromatic carbocycles. The number of aromatic nitrogens is 1. The molecule has 8 nitrogen and oxygen atoms in total. The first kappa shape index (κ1) is 28.1. The second-order valence-corrected chi connectivity index (χ2v) is 8.20. The Balaban J connectivity index is 0.000000257. The average Bonchev–Trinajstić information content (AvgIpc) is 3.38. The van der Waals surface area contributed by atoms with Gasteiger partial charge in [-0.3, -0.25) is 14.8 Å². The van der Waals surface area contributed by atoms with E-state index in [0.29, 0.717) is 5.41 Å². The van der Waals surface area contributed by atoms with Gasteiger partial charge in [0.15, 0.2) is 0 Å². The van der Waals surface area contributed by atoms with Gasteiger partial charge in [0.2, 0.25) is 0 Å². The van der Waals surface area contributed by atoms with Crippen molar-refractivity contribution in [1.29, 1.82) is 0 Å². The van der Waals surface area contributed by atoms with Crippen molar-refractivity contribution in [3.63, 3.8) is 0 Å². The van der Waals surface area contributed by atoms with Crippen molar-refractivity contribution in [3.05, 3.63) is 54.2 Å². The van der Waals surface area contributed by atoms with E-state index >= 15 is 0 Å². The van der Waals surface area contributed by atoms with Gasteiger partial charge in [0, 0.05) is 56.1 Å². The van der Waals surface area contributed by atoms with E-state index in [4.69, 9.17) is 24.2 Å². The number of halogens is 6. The number of likely N-dealkylation sites (tertiary alicyclic amines) is 2. The minimum atomic E-state index is -5.08. The standard InChI is InChI=1S/C17H21N3O.2C2HF3O2/c1-5-18-6-2-15(1)9-19-7-4-17(12-19)13-20(14-17)10-16-3-8-21-11-16;2*3-2(4,5)1(6)7/h1-3,5-6,8,11H,4,7,9-10,12-14H2;2*(H,6,7). The number of pyridine rings is 1. The highest BCUT2D eigenvalue weighted by Gasteiger charge is 2.47. The van der Waals surface area contributed by atoms with Crippen molar-refractivity contribution in [1.82, 2.24) is 14.8 Å². The minimum Gasteiger partial charge on any atom is -0.475 e. The molecule has 2 aromatic rings. The highest BCUT2D eigenvalue weighted by atomic mass is 19.4. The molecule has 14 heteroatoms. The molecular weight excluding hydrogens is 488 g/mol. The Morgan fingerprint density at radius 1 is 0.886 bits per heavy atom.